The van der Waals surface area contributed by atoms with E-state index in [0.717, 1.165) is 5.56 Å². The number of aromatic nitrogens is 1. The van der Waals surface area contributed by atoms with Gasteiger partial charge < -0.3 is 15.7 Å². The van der Waals surface area contributed by atoms with E-state index in [1.807, 2.05) is 0 Å². The Bertz CT molecular complexity index is 449. The molecule has 1 fully saturated rings. The van der Waals surface area contributed by atoms with Crippen molar-refractivity contribution < 1.29 is 14.7 Å². The van der Waals surface area contributed by atoms with Gasteiger partial charge in [0.15, 0.2) is 0 Å². The van der Waals surface area contributed by atoms with E-state index in [1.165, 1.54) is 4.90 Å². The number of hydrogen-bond donors (Lipinski definition) is 2. The largest absolute Gasteiger partial charge is 0.480 e. The highest BCUT2D eigenvalue weighted by molar-refractivity contribution is 5.85. The second kappa shape index (κ2) is 5.14. The van der Waals surface area contributed by atoms with Crippen molar-refractivity contribution in [2.75, 3.05) is 6.54 Å². The Kier molecular flexibility index (Phi) is 3.57. The molecule has 1 aliphatic rings. The molecule has 96 valence electrons. The van der Waals surface area contributed by atoms with Gasteiger partial charge in [0, 0.05) is 37.8 Å². The van der Waals surface area contributed by atoms with Gasteiger partial charge in [0.2, 0.25) is 5.91 Å². The summed E-state index contributed by atoms with van der Waals surface area (Å²) in [6.07, 6.45) is 3.70. The number of carbonyl (C=O) groups is 2. The molecule has 18 heavy (non-hydrogen) atoms. The van der Waals surface area contributed by atoms with Gasteiger partial charge in [0.05, 0.1) is 0 Å². The highest BCUT2D eigenvalue weighted by Crippen LogP contribution is 2.16. The fourth-order valence-corrected chi connectivity index (χ4v) is 2.13. The summed E-state index contributed by atoms with van der Waals surface area (Å²) in [6, 6.07) is 2.40. The lowest BCUT2D eigenvalue weighted by molar-refractivity contribution is -0.148. The fraction of sp³-hybridized carbons (Fsp3) is 0.417. The quantitative estimate of drug-likeness (QED) is 0.759. The second-order valence-electron chi connectivity index (χ2n) is 4.43. The number of pyridine rings is 1. The van der Waals surface area contributed by atoms with Gasteiger partial charge in [-0.25, -0.2) is 4.79 Å². The molecule has 0 aliphatic carbocycles. The van der Waals surface area contributed by atoms with Gasteiger partial charge in [-0.2, -0.15) is 0 Å². The topological polar surface area (TPSA) is 96.5 Å². The third-order valence-corrected chi connectivity index (χ3v) is 3.00. The van der Waals surface area contributed by atoms with E-state index in [0.29, 0.717) is 6.54 Å². The lowest BCUT2D eigenvalue weighted by atomic mass is 10.1. The van der Waals surface area contributed by atoms with Crippen molar-refractivity contribution in [3.8, 4) is 0 Å². The Morgan fingerprint density at radius 3 is 2.94 bits per heavy atom. The molecule has 2 unspecified atom stereocenters. The van der Waals surface area contributed by atoms with E-state index in [9.17, 15) is 14.7 Å². The third-order valence-electron chi connectivity index (χ3n) is 3.00. The minimum atomic E-state index is -1.01. The van der Waals surface area contributed by atoms with Crippen LogP contribution in [0.2, 0.25) is 0 Å². The lowest BCUT2D eigenvalue weighted by Gasteiger charge is -2.24. The van der Waals surface area contributed by atoms with Crippen LogP contribution in [0.3, 0.4) is 0 Å². The summed E-state index contributed by atoms with van der Waals surface area (Å²) in [5.41, 5.74) is 6.47. The van der Waals surface area contributed by atoms with Crippen LogP contribution in [0.1, 0.15) is 12.0 Å². The maximum atomic E-state index is 11.7. The zero-order valence-electron chi connectivity index (χ0n) is 9.82. The summed E-state index contributed by atoms with van der Waals surface area (Å²) in [6.45, 7) is 0.302. The van der Waals surface area contributed by atoms with Crippen LogP contribution in [0.25, 0.3) is 0 Å². The van der Waals surface area contributed by atoms with Crippen LogP contribution in [0.4, 0.5) is 0 Å². The fourth-order valence-electron chi connectivity index (χ4n) is 2.13. The molecule has 2 heterocycles. The van der Waals surface area contributed by atoms with Crippen molar-refractivity contribution in [1.29, 1.82) is 0 Å². The minimum absolute atomic E-state index is 0.196. The van der Waals surface area contributed by atoms with Gasteiger partial charge in [0.1, 0.15) is 6.04 Å². The number of carbonyl (C=O) groups excluding carboxylic acids is 1. The maximum absolute atomic E-state index is 11.7. The molecule has 1 saturated heterocycles. The minimum Gasteiger partial charge on any atom is -0.480 e. The number of amides is 1. The molecule has 6 heteroatoms. The molecular formula is C12H15N3O3. The highest BCUT2D eigenvalue weighted by Gasteiger charge is 2.36. The van der Waals surface area contributed by atoms with Crippen LogP contribution in [-0.4, -0.2) is 45.5 Å². The van der Waals surface area contributed by atoms with E-state index < -0.39 is 12.0 Å². The van der Waals surface area contributed by atoms with Crippen LogP contribution in [0.5, 0.6) is 0 Å². The first-order chi connectivity index (χ1) is 8.58. The average molecular weight is 249 g/mol. The predicted molar refractivity (Wildman–Crippen MR) is 63.7 cm³/mol. The number of likely N-dealkylation sites (tertiary alicyclic amines) is 1. The molecule has 2 rings (SSSR count). The Labute approximate surface area is 104 Å². The van der Waals surface area contributed by atoms with Gasteiger partial charge in [-0.05, 0) is 11.6 Å². The predicted octanol–water partition coefficient (Wildman–Crippen LogP) is -0.363. The van der Waals surface area contributed by atoms with Crippen molar-refractivity contribution in [2.45, 2.75) is 24.9 Å². The molecule has 0 spiro atoms. The molecule has 1 amide bonds. The van der Waals surface area contributed by atoms with Crippen LogP contribution < -0.4 is 5.73 Å². The van der Waals surface area contributed by atoms with Gasteiger partial charge >= 0.3 is 5.97 Å². The normalized spacial score (nSPS) is 21.1. The lowest BCUT2D eigenvalue weighted by Crippen LogP contribution is -2.44. The molecule has 0 aromatic carbocycles. The molecule has 0 saturated carbocycles. The zero-order valence-corrected chi connectivity index (χ0v) is 9.82. The number of carboxylic acid groups (broad SMARTS) is 1. The van der Waals surface area contributed by atoms with Crippen molar-refractivity contribution in [3.05, 3.63) is 30.1 Å². The van der Waals surface area contributed by atoms with E-state index in [2.05, 4.69) is 4.98 Å². The molecule has 1 aliphatic heterocycles. The van der Waals surface area contributed by atoms with Gasteiger partial charge in [-0.3, -0.25) is 9.78 Å². The molecule has 1 aromatic heterocycles. The first-order valence-electron chi connectivity index (χ1n) is 5.74. The molecule has 0 radical (unpaired) electrons. The van der Waals surface area contributed by atoms with E-state index in [1.54, 1.807) is 24.5 Å². The zero-order chi connectivity index (χ0) is 13.1. The number of rotatable bonds is 4. The Morgan fingerprint density at radius 1 is 1.67 bits per heavy atom. The number of nitrogens with zero attached hydrogens (tertiary/aromatic N) is 2. The third kappa shape index (κ3) is 2.65. The van der Waals surface area contributed by atoms with E-state index in [4.69, 9.17) is 5.73 Å². The van der Waals surface area contributed by atoms with Crippen LogP contribution >= 0.6 is 0 Å². The van der Waals surface area contributed by atoms with Gasteiger partial charge in [-0.15, -0.1) is 0 Å². The van der Waals surface area contributed by atoms with Crippen LogP contribution in [0.15, 0.2) is 24.5 Å². The van der Waals surface area contributed by atoms with Gasteiger partial charge in [0.25, 0.3) is 0 Å². The maximum Gasteiger partial charge on any atom is 0.326 e. The first kappa shape index (κ1) is 12.5. The highest BCUT2D eigenvalue weighted by atomic mass is 16.4. The summed E-state index contributed by atoms with van der Waals surface area (Å²) in [5, 5.41) is 9.24. The van der Waals surface area contributed by atoms with Crippen LogP contribution in [-0.2, 0) is 16.0 Å². The standard InChI is InChI=1S/C12H15N3O3/c13-9-5-11(16)15(7-9)10(12(17)18)4-8-2-1-3-14-6-8/h1-3,6,9-10H,4-5,7,13H2,(H,17,18). The van der Waals surface area contributed by atoms with Crippen molar-refractivity contribution in [2.24, 2.45) is 5.73 Å². The van der Waals surface area contributed by atoms with E-state index in [-0.39, 0.29) is 24.8 Å². The monoisotopic (exact) mass is 249 g/mol. The first-order valence-corrected chi connectivity index (χ1v) is 5.74. The molecule has 2 atom stereocenters. The second-order valence-corrected chi connectivity index (χ2v) is 4.43. The number of aliphatic carboxylic acids is 1. The van der Waals surface area contributed by atoms with Crippen molar-refractivity contribution in [3.63, 3.8) is 0 Å². The molecule has 0 bridgehead atoms. The summed E-state index contributed by atoms with van der Waals surface area (Å²) in [7, 11) is 0. The summed E-state index contributed by atoms with van der Waals surface area (Å²) in [5.74, 6) is -1.21. The van der Waals surface area contributed by atoms with Gasteiger partial charge in [-0.1, -0.05) is 6.07 Å². The Morgan fingerprint density at radius 2 is 2.44 bits per heavy atom. The Balaban J connectivity index is 2.14. The summed E-state index contributed by atoms with van der Waals surface area (Å²) >= 11 is 0. The van der Waals surface area contributed by atoms with Crippen molar-refractivity contribution >= 4 is 11.9 Å². The SMILES string of the molecule is NC1CC(=O)N(C(Cc2cccnc2)C(=O)O)C1. The Hall–Kier alpha value is -1.95. The van der Waals surface area contributed by atoms with E-state index >= 15 is 0 Å². The van der Waals surface area contributed by atoms with Crippen molar-refractivity contribution in [1.82, 2.24) is 9.88 Å². The summed E-state index contributed by atoms with van der Waals surface area (Å²) in [4.78, 5) is 28.3. The molecule has 3 N–H and O–H groups in total. The smallest absolute Gasteiger partial charge is 0.326 e. The number of nitrogens with two attached hydrogens (primary N) is 1. The summed E-state index contributed by atoms with van der Waals surface area (Å²) < 4.78 is 0. The number of carboxylic acids is 1. The molecular weight excluding hydrogens is 234 g/mol. The number of hydrogen-bond acceptors (Lipinski definition) is 4. The molecule has 1 aromatic rings. The molecule has 6 nitrogen and oxygen atoms in total. The average Bonchev–Trinajstić information content (AvgIpc) is 2.66. The van der Waals surface area contributed by atoms with Crippen LogP contribution in [0, 0.1) is 0 Å².